The van der Waals surface area contributed by atoms with E-state index in [0.717, 1.165) is 19.3 Å². The summed E-state index contributed by atoms with van der Waals surface area (Å²) in [6.45, 7) is 5.21. The molecule has 0 aromatic carbocycles. The molecule has 1 saturated heterocycles. The highest BCUT2D eigenvalue weighted by molar-refractivity contribution is 5.80. The molecule has 0 spiro atoms. The fourth-order valence-corrected chi connectivity index (χ4v) is 3.26. The maximum Gasteiger partial charge on any atom is 0.246 e. The van der Waals surface area contributed by atoms with E-state index in [9.17, 15) is 19.9 Å². The van der Waals surface area contributed by atoms with Crippen molar-refractivity contribution in [2.75, 3.05) is 30.0 Å². The Hall–Kier alpha value is -2.53. The van der Waals surface area contributed by atoms with Gasteiger partial charge in [-0.1, -0.05) is 33.1 Å². The van der Waals surface area contributed by atoms with Crippen LogP contribution in [0.5, 0.6) is 0 Å². The Morgan fingerprint density at radius 2 is 2.00 bits per heavy atom. The molecule has 0 unspecified atom stereocenters. The summed E-state index contributed by atoms with van der Waals surface area (Å²) in [5.74, 6) is 0.403. The zero-order valence-electron chi connectivity index (χ0n) is 17.8. The van der Waals surface area contributed by atoms with Gasteiger partial charge in [-0.3, -0.25) is 25.6 Å². The first kappa shape index (κ1) is 23.7. The molecule has 1 aliphatic rings. The van der Waals surface area contributed by atoms with Crippen molar-refractivity contribution in [1.29, 1.82) is 0 Å². The number of carbonyl (C=O) groups is 2. The van der Waals surface area contributed by atoms with Crippen LogP contribution in [0.1, 0.15) is 58.2 Å². The minimum absolute atomic E-state index is 0.0838. The van der Waals surface area contributed by atoms with Gasteiger partial charge in [-0.25, -0.2) is 5.06 Å². The van der Waals surface area contributed by atoms with Gasteiger partial charge in [-0.15, -0.1) is 0 Å². The fourth-order valence-electron chi connectivity index (χ4n) is 3.26. The molecule has 0 aliphatic carbocycles. The number of nitrogens with one attached hydrogen (secondary N) is 2. The predicted molar refractivity (Wildman–Crippen MR) is 111 cm³/mol. The minimum Gasteiger partial charge on any atom is -0.393 e. The molecular weight excluding hydrogens is 390 g/mol. The maximum atomic E-state index is 12.6. The zero-order valence-corrected chi connectivity index (χ0v) is 17.8. The fraction of sp³-hybridized carbons (Fsp3) is 0.737. The number of aromatic nitrogens is 3. The van der Waals surface area contributed by atoms with Crippen LogP contribution in [0.3, 0.4) is 0 Å². The highest BCUT2D eigenvalue weighted by Crippen LogP contribution is 2.18. The van der Waals surface area contributed by atoms with E-state index in [1.807, 2.05) is 11.8 Å². The van der Waals surface area contributed by atoms with Crippen molar-refractivity contribution < 1.29 is 19.9 Å². The maximum absolute atomic E-state index is 12.6. The Morgan fingerprint density at radius 1 is 1.27 bits per heavy atom. The Balaban J connectivity index is 2.03. The van der Waals surface area contributed by atoms with Crippen LogP contribution in [0.2, 0.25) is 0 Å². The van der Waals surface area contributed by atoms with E-state index in [-0.39, 0.29) is 30.9 Å². The summed E-state index contributed by atoms with van der Waals surface area (Å²) in [7, 11) is 0. The molecule has 11 nitrogen and oxygen atoms in total. The summed E-state index contributed by atoms with van der Waals surface area (Å²) >= 11 is 0. The Bertz CT molecular complexity index is 683. The zero-order chi connectivity index (χ0) is 21.9. The lowest BCUT2D eigenvalue weighted by Gasteiger charge is -2.29. The largest absolute Gasteiger partial charge is 0.393 e. The third-order valence-corrected chi connectivity index (χ3v) is 5.09. The van der Waals surface area contributed by atoms with Gasteiger partial charge in [-0.2, -0.15) is 15.0 Å². The van der Waals surface area contributed by atoms with E-state index in [4.69, 9.17) is 0 Å². The molecule has 0 radical (unpaired) electrons. The Kier molecular flexibility index (Phi) is 9.68. The molecule has 1 aromatic heterocycles. The standard InChI is InChI=1S/C19H33N7O4/c1-3-5-6-7-14(12-26(30)13-27)17(29)23-24-18-20-16(4-2)21-19(22-18)25-10-8-15(28)9-11-25/h13-15,28,30H,3-12H2,1-2H3,(H,23,29)(H,20,21,22,24)/t14-/m0/s1. The molecule has 2 rings (SSSR count). The molecule has 11 heteroatoms. The van der Waals surface area contributed by atoms with E-state index in [2.05, 4.69) is 32.7 Å². The van der Waals surface area contributed by atoms with E-state index in [1.54, 1.807) is 0 Å². The van der Waals surface area contributed by atoms with Gasteiger partial charge in [0.1, 0.15) is 5.82 Å². The summed E-state index contributed by atoms with van der Waals surface area (Å²) in [5.41, 5.74) is 5.33. The number of anilines is 2. The minimum atomic E-state index is -0.560. The number of hydrazine groups is 1. The van der Waals surface area contributed by atoms with Gasteiger partial charge in [0.25, 0.3) is 0 Å². The van der Waals surface area contributed by atoms with Crippen LogP contribution in [0.15, 0.2) is 0 Å². The number of amides is 2. The number of unbranched alkanes of at least 4 members (excludes halogenated alkanes) is 2. The number of carbonyl (C=O) groups excluding carboxylic acids is 2. The lowest BCUT2D eigenvalue weighted by Crippen LogP contribution is -2.41. The summed E-state index contributed by atoms with van der Waals surface area (Å²) in [5, 5.41) is 19.7. The van der Waals surface area contributed by atoms with E-state index < -0.39 is 5.92 Å². The number of hydrogen-bond acceptors (Lipinski definition) is 9. The van der Waals surface area contributed by atoms with E-state index in [1.165, 1.54) is 0 Å². The van der Waals surface area contributed by atoms with Gasteiger partial charge >= 0.3 is 0 Å². The Labute approximate surface area is 176 Å². The highest BCUT2D eigenvalue weighted by atomic mass is 16.5. The molecule has 1 aliphatic heterocycles. The van der Waals surface area contributed by atoms with E-state index >= 15 is 0 Å². The molecule has 1 fully saturated rings. The van der Waals surface area contributed by atoms with Crippen molar-refractivity contribution in [2.24, 2.45) is 5.92 Å². The second kappa shape index (κ2) is 12.2. The third-order valence-electron chi connectivity index (χ3n) is 5.09. The first-order chi connectivity index (χ1) is 14.5. The summed E-state index contributed by atoms with van der Waals surface area (Å²) in [6.07, 6.45) is 5.23. The molecule has 0 saturated carbocycles. The van der Waals surface area contributed by atoms with Crippen LogP contribution in [-0.2, 0) is 16.0 Å². The van der Waals surface area contributed by atoms with Gasteiger partial charge in [0.05, 0.1) is 18.6 Å². The monoisotopic (exact) mass is 423 g/mol. The highest BCUT2D eigenvalue weighted by Gasteiger charge is 2.22. The lowest BCUT2D eigenvalue weighted by molar-refractivity contribution is -0.154. The van der Waals surface area contributed by atoms with Gasteiger partial charge < -0.3 is 10.0 Å². The van der Waals surface area contributed by atoms with E-state index in [0.29, 0.717) is 55.6 Å². The summed E-state index contributed by atoms with van der Waals surface area (Å²) in [4.78, 5) is 38.5. The number of piperidine rings is 1. The SMILES string of the molecule is CCCCC[C@@H](CN(O)C=O)C(=O)NNc1nc(CC)nc(N2CCC(O)CC2)n1. The smallest absolute Gasteiger partial charge is 0.246 e. The van der Waals surface area contributed by atoms with Crippen LogP contribution in [0.4, 0.5) is 11.9 Å². The first-order valence-electron chi connectivity index (χ1n) is 10.6. The number of hydroxylamine groups is 2. The Morgan fingerprint density at radius 3 is 2.63 bits per heavy atom. The van der Waals surface area contributed by atoms with Gasteiger partial charge in [0, 0.05) is 19.5 Å². The molecule has 30 heavy (non-hydrogen) atoms. The topological polar surface area (TPSA) is 144 Å². The number of aliphatic hydroxyl groups is 1. The number of aliphatic hydroxyl groups excluding tert-OH is 1. The third kappa shape index (κ3) is 7.38. The quantitative estimate of drug-likeness (QED) is 0.167. The second-order valence-corrected chi connectivity index (χ2v) is 7.48. The van der Waals surface area contributed by atoms with Gasteiger partial charge in [0.15, 0.2) is 0 Å². The van der Waals surface area contributed by atoms with Crippen molar-refractivity contribution >= 4 is 24.2 Å². The number of aryl methyl sites for hydroxylation is 1. The second-order valence-electron chi connectivity index (χ2n) is 7.48. The van der Waals surface area contributed by atoms with Crippen molar-refractivity contribution in [2.45, 2.75) is 64.9 Å². The van der Waals surface area contributed by atoms with Crippen molar-refractivity contribution in [3.63, 3.8) is 0 Å². The van der Waals surface area contributed by atoms with Crippen LogP contribution in [-0.4, -0.2) is 68.4 Å². The molecule has 168 valence electrons. The predicted octanol–water partition coefficient (Wildman–Crippen LogP) is 0.882. The molecule has 2 amide bonds. The van der Waals surface area contributed by atoms with Crippen molar-refractivity contribution in [3.05, 3.63) is 5.82 Å². The van der Waals surface area contributed by atoms with Crippen LogP contribution >= 0.6 is 0 Å². The molecule has 2 heterocycles. The first-order valence-corrected chi connectivity index (χ1v) is 10.6. The van der Waals surface area contributed by atoms with Crippen LogP contribution in [0.25, 0.3) is 0 Å². The lowest BCUT2D eigenvalue weighted by atomic mass is 10.0. The normalized spacial score (nSPS) is 15.5. The summed E-state index contributed by atoms with van der Waals surface area (Å²) in [6, 6.07) is 0. The average Bonchev–Trinajstić information content (AvgIpc) is 2.76. The summed E-state index contributed by atoms with van der Waals surface area (Å²) < 4.78 is 0. The van der Waals surface area contributed by atoms with Gasteiger partial charge in [-0.05, 0) is 19.3 Å². The van der Waals surface area contributed by atoms with Crippen LogP contribution in [0, 0.1) is 5.92 Å². The van der Waals surface area contributed by atoms with Gasteiger partial charge in [0.2, 0.25) is 24.2 Å². The average molecular weight is 424 g/mol. The molecule has 4 N–H and O–H groups in total. The van der Waals surface area contributed by atoms with Crippen molar-refractivity contribution in [3.8, 4) is 0 Å². The number of hydrogen-bond donors (Lipinski definition) is 4. The van der Waals surface area contributed by atoms with Crippen LogP contribution < -0.4 is 15.8 Å². The molecular formula is C19H33N7O4. The molecule has 1 atom stereocenters. The molecule has 0 bridgehead atoms. The van der Waals surface area contributed by atoms with Crippen molar-refractivity contribution in [1.82, 2.24) is 25.4 Å². The number of rotatable bonds is 12. The number of nitrogens with zero attached hydrogens (tertiary/aromatic N) is 5. The molecule has 1 aromatic rings.